The lowest BCUT2D eigenvalue weighted by Gasteiger charge is -2.02. The molecule has 0 saturated carbocycles. The van der Waals surface area contributed by atoms with Crippen molar-refractivity contribution >= 4 is 16.9 Å². The molecule has 0 amide bonds. The molecule has 0 atom stereocenters. The minimum Gasteiger partial charge on any atom is -0.476 e. The van der Waals surface area contributed by atoms with Crippen LogP contribution < -0.4 is 0 Å². The standard InChI is InChI=1S/C14H11N3O3.C2H6/c18-8-9-4-5-11-10(7-9)13(14(19)20)16-17(11)12-3-1-2-6-15-12;1-2/h1-7,18H,8H2,(H,19,20);1-2H3. The van der Waals surface area contributed by atoms with Gasteiger partial charge in [0.1, 0.15) is 0 Å². The summed E-state index contributed by atoms with van der Waals surface area (Å²) >= 11 is 0. The first-order valence-electron chi connectivity index (χ1n) is 6.98. The maximum absolute atomic E-state index is 11.3. The molecule has 0 unspecified atom stereocenters. The Kier molecular flexibility index (Phi) is 4.85. The fraction of sp³-hybridized carbons (Fsp3) is 0.188. The van der Waals surface area contributed by atoms with Gasteiger partial charge in [0, 0.05) is 11.6 Å². The summed E-state index contributed by atoms with van der Waals surface area (Å²) in [5.41, 5.74) is 1.22. The number of hydrogen-bond acceptors (Lipinski definition) is 4. The van der Waals surface area contributed by atoms with E-state index in [2.05, 4.69) is 10.1 Å². The molecule has 3 aromatic rings. The normalized spacial score (nSPS) is 10.1. The molecule has 0 bridgehead atoms. The lowest BCUT2D eigenvalue weighted by atomic mass is 10.1. The zero-order valence-corrected chi connectivity index (χ0v) is 12.4. The van der Waals surface area contributed by atoms with Gasteiger partial charge in [-0.2, -0.15) is 5.10 Å². The van der Waals surface area contributed by atoms with Gasteiger partial charge in [0.25, 0.3) is 0 Å². The molecule has 6 nitrogen and oxygen atoms in total. The number of aliphatic hydroxyl groups is 1. The molecule has 114 valence electrons. The highest BCUT2D eigenvalue weighted by Gasteiger charge is 2.17. The van der Waals surface area contributed by atoms with Crippen LogP contribution in [0.25, 0.3) is 16.7 Å². The number of aromatic carboxylic acids is 1. The SMILES string of the molecule is CC.O=C(O)c1nn(-c2ccccn2)c2ccc(CO)cc12. The average molecular weight is 299 g/mol. The maximum Gasteiger partial charge on any atom is 0.357 e. The topological polar surface area (TPSA) is 88.2 Å². The Balaban J connectivity index is 0.000000847. The Hall–Kier alpha value is -2.73. The van der Waals surface area contributed by atoms with E-state index in [1.165, 1.54) is 4.68 Å². The summed E-state index contributed by atoms with van der Waals surface area (Å²) in [4.78, 5) is 15.5. The Morgan fingerprint density at radius 1 is 1.23 bits per heavy atom. The molecule has 0 aliphatic rings. The summed E-state index contributed by atoms with van der Waals surface area (Å²) in [6.07, 6.45) is 1.62. The largest absolute Gasteiger partial charge is 0.476 e. The van der Waals surface area contributed by atoms with Crippen LogP contribution in [0.4, 0.5) is 0 Å². The van der Waals surface area contributed by atoms with Crippen LogP contribution in [0.5, 0.6) is 0 Å². The summed E-state index contributed by atoms with van der Waals surface area (Å²) in [6.45, 7) is 3.85. The first kappa shape index (κ1) is 15.7. The molecular formula is C16H17N3O3. The van der Waals surface area contributed by atoms with Gasteiger partial charge in [0.15, 0.2) is 11.5 Å². The Labute approximate surface area is 127 Å². The number of pyridine rings is 1. The molecule has 2 aromatic heterocycles. The van der Waals surface area contributed by atoms with Crippen LogP contribution in [0.1, 0.15) is 29.9 Å². The molecule has 0 aliphatic heterocycles. The Morgan fingerprint density at radius 2 is 2.00 bits per heavy atom. The number of fused-ring (bicyclic) bond motifs is 1. The molecule has 0 spiro atoms. The number of hydrogen-bond donors (Lipinski definition) is 2. The molecule has 0 aliphatic carbocycles. The second kappa shape index (κ2) is 6.82. The van der Waals surface area contributed by atoms with Crippen molar-refractivity contribution < 1.29 is 15.0 Å². The van der Waals surface area contributed by atoms with E-state index >= 15 is 0 Å². The lowest BCUT2D eigenvalue weighted by Crippen LogP contribution is -2.02. The highest BCUT2D eigenvalue weighted by molar-refractivity contribution is 6.01. The second-order valence-electron chi connectivity index (χ2n) is 4.26. The van der Waals surface area contributed by atoms with Crippen molar-refractivity contribution in [1.29, 1.82) is 0 Å². The van der Waals surface area contributed by atoms with Gasteiger partial charge in [-0.3, -0.25) is 0 Å². The third-order valence-corrected chi connectivity index (χ3v) is 3.00. The van der Waals surface area contributed by atoms with Crippen LogP contribution >= 0.6 is 0 Å². The van der Waals surface area contributed by atoms with Gasteiger partial charge in [-0.05, 0) is 29.8 Å². The summed E-state index contributed by atoms with van der Waals surface area (Å²) < 4.78 is 1.49. The summed E-state index contributed by atoms with van der Waals surface area (Å²) in [7, 11) is 0. The predicted molar refractivity (Wildman–Crippen MR) is 83.1 cm³/mol. The van der Waals surface area contributed by atoms with Gasteiger partial charge in [0.2, 0.25) is 0 Å². The van der Waals surface area contributed by atoms with Gasteiger partial charge < -0.3 is 10.2 Å². The van der Waals surface area contributed by atoms with E-state index < -0.39 is 5.97 Å². The maximum atomic E-state index is 11.3. The van der Waals surface area contributed by atoms with Crippen molar-refractivity contribution in [2.75, 3.05) is 0 Å². The molecular weight excluding hydrogens is 282 g/mol. The first-order valence-corrected chi connectivity index (χ1v) is 6.98. The van der Waals surface area contributed by atoms with Gasteiger partial charge >= 0.3 is 5.97 Å². The Bertz CT molecular complexity index is 782. The van der Waals surface area contributed by atoms with Gasteiger partial charge in [0.05, 0.1) is 12.1 Å². The van der Waals surface area contributed by atoms with Crippen molar-refractivity contribution in [2.24, 2.45) is 0 Å². The fourth-order valence-electron chi connectivity index (χ4n) is 2.08. The average Bonchev–Trinajstić information content (AvgIpc) is 2.96. The molecule has 2 heterocycles. The van der Waals surface area contributed by atoms with E-state index in [0.29, 0.717) is 22.3 Å². The molecule has 6 heteroatoms. The molecule has 0 fully saturated rings. The van der Waals surface area contributed by atoms with E-state index in [9.17, 15) is 9.90 Å². The van der Waals surface area contributed by atoms with Crippen LogP contribution in [0.15, 0.2) is 42.6 Å². The number of benzene rings is 1. The quantitative estimate of drug-likeness (QED) is 0.776. The number of carboxylic acids is 1. The van der Waals surface area contributed by atoms with E-state index in [-0.39, 0.29) is 12.3 Å². The van der Waals surface area contributed by atoms with Crippen molar-refractivity contribution in [3.63, 3.8) is 0 Å². The molecule has 0 radical (unpaired) electrons. The van der Waals surface area contributed by atoms with E-state index in [0.717, 1.165) is 0 Å². The molecule has 2 N–H and O–H groups in total. The molecule has 3 rings (SSSR count). The van der Waals surface area contributed by atoms with E-state index in [1.54, 1.807) is 42.6 Å². The highest BCUT2D eigenvalue weighted by atomic mass is 16.4. The third-order valence-electron chi connectivity index (χ3n) is 3.00. The predicted octanol–water partition coefficient (Wildman–Crippen LogP) is 2.64. The van der Waals surface area contributed by atoms with Crippen LogP contribution in [-0.2, 0) is 6.61 Å². The van der Waals surface area contributed by atoms with Crippen molar-refractivity contribution in [3.8, 4) is 5.82 Å². The minimum atomic E-state index is -1.11. The van der Waals surface area contributed by atoms with E-state index in [4.69, 9.17) is 5.11 Å². The minimum absolute atomic E-state index is 0.0547. The Morgan fingerprint density at radius 3 is 2.59 bits per heavy atom. The molecule has 0 saturated heterocycles. The number of aromatic nitrogens is 3. The van der Waals surface area contributed by atoms with Gasteiger partial charge in [-0.15, -0.1) is 0 Å². The third kappa shape index (κ3) is 2.82. The van der Waals surface area contributed by atoms with Crippen molar-refractivity contribution in [1.82, 2.24) is 14.8 Å². The highest BCUT2D eigenvalue weighted by Crippen LogP contribution is 2.23. The summed E-state index contributed by atoms with van der Waals surface area (Å²) in [5, 5.41) is 23.0. The first-order chi connectivity index (χ1) is 10.7. The van der Waals surface area contributed by atoms with Crippen molar-refractivity contribution in [3.05, 3.63) is 53.9 Å². The zero-order valence-electron chi connectivity index (χ0n) is 12.4. The van der Waals surface area contributed by atoms with Crippen molar-refractivity contribution in [2.45, 2.75) is 20.5 Å². The van der Waals surface area contributed by atoms with Crippen LogP contribution in [-0.4, -0.2) is 30.9 Å². The van der Waals surface area contributed by atoms with E-state index in [1.807, 2.05) is 13.8 Å². The number of carbonyl (C=O) groups is 1. The monoisotopic (exact) mass is 299 g/mol. The lowest BCUT2D eigenvalue weighted by molar-refractivity contribution is 0.0692. The molecule has 1 aromatic carbocycles. The smallest absolute Gasteiger partial charge is 0.357 e. The summed E-state index contributed by atoms with van der Waals surface area (Å²) in [6, 6.07) is 10.4. The number of rotatable bonds is 3. The fourth-order valence-corrected chi connectivity index (χ4v) is 2.08. The van der Waals surface area contributed by atoms with Gasteiger partial charge in [-0.25, -0.2) is 14.5 Å². The number of nitrogens with zero attached hydrogens (tertiary/aromatic N) is 3. The van der Waals surface area contributed by atoms with Crippen LogP contribution in [0, 0.1) is 0 Å². The number of aliphatic hydroxyl groups excluding tert-OH is 1. The zero-order chi connectivity index (χ0) is 16.1. The van der Waals surface area contributed by atoms with Crippen LogP contribution in [0.3, 0.4) is 0 Å². The molecule has 22 heavy (non-hydrogen) atoms. The van der Waals surface area contributed by atoms with Crippen LogP contribution in [0.2, 0.25) is 0 Å². The summed E-state index contributed by atoms with van der Waals surface area (Å²) in [5.74, 6) is -0.568. The second-order valence-corrected chi connectivity index (χ2v) is 4.26. The number of carboxylic acid groups (broad SMARTS) is 1. The van der Waals surface area contributed by atoms with Gasteiger partial charge in [-0.1, -0.05) is 26.0 Å².